The Labute approximate surface area is 88.7 Å². The van der Waals surface area contributed by atoms with Crippen LogP contribution in [0.2, 0.25) is 0 Å². The third-order valence-corrected chi connectivity index (χ3v) is 2.21. The first-order chi connectivity index (χ1) is 6.29. The van der Waals surface area contributed by atoms with Crippen molar-refractivity contribution < 1.29 is 14.7 Å². The predicted molar refractivity (Wildman–Crippen MR) is 57.5 cm³/mol. The SMILES string of the molecule is CSCC(=O)N(CC(=O)O)C(C)(C)C. The van der Waals surface area contributed by atoms with Crippen molar-refractivity contribution in [3.8, 4) is 0 Å². The smallest absolute Gasteiger partial charge is 0.323 e. The molecule has 4 nitrogen and oxygen atoms in total. The van der Waals surface area contributed by atoms with Crippen molar-refractivity contribution >= 4 is 23.6 Å². The quantitative estimate of drug-likeness (QED) is 0.768. The molecule has 0 atom stereocenters. The fraction of sp³-hybridized carbons (Fsp3) is 0.778. The Morgan fingerprint density at radius 3 is 2.14 bits per heavy atom. The topological polar surface area (TPSA) is 57.6 Å². The van der Waals surface area contributed by atoms with Crippen LogP contribution < -0.4 is 0 Å². The Bertz CT molecular complexity index is 223. The van der Waals surface area contributed by atoms with E-state index < -0.39 is 11.5 Å². The molecule has 0 aromatic heterocycles. The van der Waals surface area contributed by atoms with Gasteiger partial charge in [-0.05, 0) is 27.0 Å². The zero-order valence-electron chi connectivity index (χ0n) is 9.03. The number of amides is 1. The number of hydrogen-bond donors (Lipinski definition) is 1. The highest BCUT2D eigenvalue weighted by Gasteiger charge is 2.27. The van der Waals surface area contributed by atoms with E-state index in [1.54, 1.807) is 0 Å². The minimum absolute atomic E-state index is 0.132. The molecule has 0 fully saturated rings. The molecule has 0 bridgehead atoms. The van der Waals surface area contributed by atoms with Crippen LogP contribution >= 0.6 is 11.8 Å². The molecule has 0 unspecified atom stereocenters. The van der Waals surface area contributed by atoms with Gasteiger partial charge in [0.15, 0.2) is 0 Å². The van der Waals surface area contributed by atoms with Gasteiger partial charge >= 0.3 is 5.97 Å². The number of nitrogens with zero attached hydrogens (tertiary/aromatic N) is 1. The van der Waals surface area contributed by atoms with Crippen molar-refractivity contribution in [1.29, 1.82) is 0 Å². The number of carboxylic acid groups (broad SMARTS) is 1. The van der Waals surface area contributed by atoms with Gasteiger partial charge in [-0.15, -0.1) is 0 Å². The van der Waals surface area contributed by atoms with Gasteiger partial charge in [0.25, 0.3) is 0 Å². The van der Waals surface area contributed by atoms with Crippen molar-refractivity contribution in [3.63, 3.8) is 0 Å². The molecule has 0 saturated heterocycles. The summed E-state index contributed by atoms with van der Waals surface area (Å²) in [4.78, 5) is 23.5. The molecule has 0 rings (SSSR count). The van der Waals surface area contributed by atoms with Crippen LogP contribution in [0.15, 0.2) is 0 Å². The lowest BCUT2D eigenvalue weighted by Crippen LogP contribution is -2.49. The molecule has 0 heterocycles. The number of rotatable bonds is 4. The van der Waals surface area contributed by atoms with Gasteiger partial charge in [0.1, 0.15) is 6.54 Å². The largest absolute Gasteiger partial charge is 0.480 e. The molecule has 0 radical (unpaired) electrons. The van der Waals surface area contributed by atoms with Crippen LogP contribution in [0.5, 0.6) is 0 Å². The molecule has 0 aliphatic heterocycles. The highest BCUT2D eigenvalue weighted by atomic mass is 32.2. The Kier molecular flexibility index (Phi) is 4.97. The molecule has 0 aromatic rings. The molecule has 0 aliphatic rings. The zero-order valence-corrected chi connectivity index (χ0v) is 9.85. The summed E-state index contributed by atoms with van der Waals surface area (Å²) in [6.07, 6.45) is 1.82. The Morgan fingerprint density at radius 2 is 1.86 bits per heavy atom. The number of aliphatic carboxylic acids is 1. The van der Waals surface area contributed by atoms with Crippen molar-refractivity contribution in [3.05, 3.63) is 0 Å². The van der Waals surface area contributed by atoms with E-state index in [1.165, 1.54) is 16.7 Å². The van der Waals surface area contributed by atoms with E-state index in [2.05, 4.69) is 0 Å². The lowest BCUT2D eigenvalue weighted by Gasteiger charge is -2.34. The first-order valence-electron chi connectivity index (χ1n) is 4.30. The van der Waals surface area contributed by atoms with Gasteiger partial charge in [-0.25, -0.2) is 0 Å². The lowest BCUT2D eigenvalue weighted by atomic mass is 10.1. The molecular weight excluding hydrogens is 202 g/mol. The second-order valence-corrected chi connectivity index (χ2v) is 4.84. The average Bonchev–Trinajstić information content (AvgIpc) is 1.98. The normalized spacial score (nSPS) is 11.1. The van der Waals surface area contributed by atoms with Gasteiger partial charge in [-0.3, -0.25) is 9.59 Å². The van der Waals surface area contributed by atoms with Crippen molar-refractivity contribution in [1.82, 2.24) is 4.90 Å². The van der Waals surface area contributed by atoms with E-state index in [4.69, 9.17) is 5.11 Å². The zero-order chi connectivity index (χ0) is 11.4. The second-order valence-electron chi connectivity index (χ2n) is 3.98. The summed E-state index contributed by atoms with van der Waals surface area (Å²) >= 11 is 1.40. The summed E-state index contributed by atoms with van der Waals surface area (Å²) in [5, 5.41) is 8.66. The molecular formula is C9H17NO3S. The van der Waals surface area contributed by atoms with Gasteiger partial charge in [0, 0.05) is 5.54 Å². The second kappa shape index (κ2) is 5.24. The molecule has 5 heteroatoms. The summed E-state index contributed by atoms with van der Waals surface area (Å²) in [5.41, 5.74) is -0.439. The number of carbonyl (C=O) groups is 2. The molecule has 14 heavy (non-hydrogen) atoms. The van der Waals surface area contributed by atoms with E-state index in [0.717, 1.165) is 0 Å². The van der Waals surface area contributed by atoms with Crippen LogP contribution in [0.25, 0.3) is 0 Å². The van der Waals surface area contributed by atoms with Crippen LogP contribution in [0.1, 0.15) is 20.8 Å². The maximum absolute atomic E-state index is 11.6. The van der Waals surface area contributed by atoms with Gasteiger partial charge in [0.05, 0.1) is 5.75 Å². The Balaban J connectivity index is 4.55. The predicted octanol–water partition coefficient (Wildman–Crippen LogP) is 1.06. The van der Waals surface area contributed by atoms with E-state index in [-0.39, 0.29) is 12.5 Å². The molecule has 1 N–H and O–H groups in total. The Hall–Kier alpha value is -0.710. The standard InChI is InChI=1S/C9H17NO3S/c1-9(2,3)10(5-8(12)13)7(11)6-14-4/h5-6H2,1-4H3,(H,12,13). The fourth-order valence-corrected chi connectivity index (χ4v) is 1.44. The molecule has 82 valence electrons. The summed E-state index contributed by atoms with van der Waals surface area (Å²) in [6.45, 7) is 5.25. The van der Waals surface area contributed by atoms with E-state index in [9.17, 15) is 9.59 Å². The van der Waals surface area contributed by atoms with Crippen molar-refractivity contribution in [2.75, 3.05) is 18.6 Å². The summed E-state index contributed by atoms with van der Waals surface area (Å²) in [7, 11) is 0. The van der Waals surface area contributed by atoms with E-state index >= 15 is 0 Å². The Morgan fingerprint density at radius 1 is 1.36 bits per heavy atom. The molecule has 0 saturated carbocycles. The summed E-state index contributed by atoms with van der Waals surface area (Å²) in [5.74, 6) is -0.786. The summed E-state index contributed by atoms with van der Waals surface area (Å²) < 4.78 is 0. The van der Waals surface area contributed by atoms with Crippen molar-refractivity contribution in [2.24, 2.45) is 0 Å². The highest BCUT2D eigenvalue weighted by Crippen LogP contribution is 2.14. The van der Waals surface area contributed by atoms with Gasteiger partial charge in [-0.2, -0.15) is 11.8 Å². The van der Waals surface area contributed by atoms with Crippen LogP contribution in [0.4, 0.5) is 0 Å². The van der Waals surface area contributed by atoms with Crippen LogP contribution in [0, 0.1) is 0 Å². The van der Waals surface area contributed by atoms with Crippen molar-refractivity contribution in [2.45, 2.75) is 26.3 Å². The van der Waals surface area contributed by atoms with Gasteiger partial charge < -0.3 is 10.0 Å². The van der Waals surface area contributed by atoms with Gasteiger partial charge in [-0.1, -0.05) is 0 Å². The minimum atomic E-state index is -0.977. The minimum Gasteiger partial charge on any atom is -0.480 e. The van der Waals surface area contributed by atoms with Crippen LogP contribution in [-0.2, 0) is 9.59 Å². The van der Waals surface area contributed by atoms with Crippen LogP contribution in [-0.4, -0.2) is 46.0 Å². The van der Waals surface area contributed by atoms with E-state index in [0.29, 0.717) is 5.75 Å². The summed E-state index contributed by atoms with van der Waals surface area (Å²) in [6, 6.07) is 0. The molecule has 0 aromatic carbocycles. The monoisotopic (exact) mass is 219 g/mol. The van der Waals surface area contributed by atoms with Gasteiger partial charge in [0.2, 0.25) is 5.91 Å². The molecule has 1 amide bonds. The fourth-order valence-electron chi connectivity index (χ4n) is 1.04. The third-order valence-electron chi connectivity index (χ3n) is 1.67. The molecule has 0 spiro atoms. The first kappa shape index (κ1) is 13.3. The maximum atomic E-state index is 11.6. The third kappa shape index (κ3) is 4.50. The van der Waals surface area contributed by atoms with Crippen LogP contribution in [0.3, 0.4) is 0 Å². The lowest BCUT2D eigenvalue weighted by molar-refractivity contribution is -0.146. The average molecular weight is 219 g/mol. The maximum Gasteiger partial charge on any atom is 0.323 e. The number of carbonyl (C=O) groups excluding carboxylic acids is 1. The number of hydrogen-bond acceptors (Lipinski definition) is 3. The number of thioether (sulfide) groups is 1. The highest BCUT2D eigenvalue weighted by molar-refractivity contribution is 7.99. The molecule has 0 aliphatic carbocycles. The van der Waals surface area contributed by atoms with E-state index in [1.807, 2.05) is 27.0 Å². The first-order valence-corrected chi connectivity index (χ1v) is 5.69. The number of carboxylic acids is 1.